The molecular weight excluding hydrogens is 671 g/mol. The van der Waals surface area contributed by atoms with E-state index in [1.165, 1.54) is 16.5 Å². The molecule has 0 aliphatic rings. The molecule has 0 saturated carbocycles. The average molecular weight is 702 g/mol. The third-order valence-corrected chi connectivity index (χ3v) is 10.7. The first-order valence-electron chi connectivity index (χ1n) is 18.5. The van der Waals surface area contributed by atoms with Crippen LogP contribution in [0.25, 0.3) is 111 Å². The normalized spacial score (nSPS) is 11.6. The summed E-state index contributed by atoms with van der Waals surface area (Å²) in [5.41, 5.74) is 9.15. The fourth-order valence-corrected chi connectivity index (χ4v) is 7.98. The second-order valence-corrected chi connectivity index (χ2v) is 14.0. The number of hydrogen-bond donors (Lipinski definition) is 0. The lowest BCUT2D eigenvalue weighted by molar-refractivity contribution is 0.672. The zero-order valence-electron chi connectivity index (χ0n) is 29.6. The molecule has 0 radical (unpaired) electrons. The summed E-state index contributed by atoms with van der Waals surface area (Å²) in [7, 11) is 0. The van der Waals surface area contributed by atoms with Gasteiger partial charge in [0.05, 0.1) is 0 Å². The van der Waals surface area contributed by atoms with E-state index in [-0.39, 0.29) is 0 Å². The summed E-state index contributed by atoms with van der Waals surface area (Å²) >= 11 is 0. The van der Waals surface area contributed by atoms with Crippen LogP contribution in [0, 0.1) is 0 Å². The molecule has 0 saturated heterocycles. The highest BCUT2D eigenvalue weighted by Crippen LogP contribution is 2.40. The molecule has 0 unspecified atom stereocenters. The predicted octanol–water partition coefficient (Wildman–Crippen LogP) is 13.6. The smallest absolute Gasteiger partial charge is 0.164 e. The Bertz CT molecular complexity index is 3260. The monoisotopic (exact) mass is 701 g/mol. The Hall–Kier alpha value is -7.43. The van der Waals surface area contributed by atoms with E-state index in [4.69, 9.17) is 19.4 Å². The van der Waals surface area contributed by atoms with Crippen molar-refractivity contribution in [2.45, 2.75) is 0 Å². The molecular formula is C51H31N3O. The highest BCUT2D eigenvalue weighted by Gasteiger charge is 2.20. The Labute approximate surface area is 317 Å². The van der Waals surface area contributed by atoms with Crippen molar-refractivity contribution in [3.8, 4) is 56.4 Å². The second-order valence-electron chi connectivity index (χ2n) is 14.0. The molecule has 256 valence electrons. The summed E-state index contributed by atoms with van der Waals surface area (Å²) in [4.78, 5) is 15.9. The van der Waals surface area contributed by atoms with E-state index in [2.05, 4.69) is 170 Å². The maximum absolute atomic E-state index is 6.46. The summed E-state index contributed by atoms with van der Waals surface area (Å²) in [6.07, 6.45) is 0. The molecule has 0 aliphatic carbocycles. The molecule has 4 heteroatoms. The number of aromatic nitrogens is 3. The van der Waals surface area contributed by atoms with Crippen LogP contribution in [0.5, 0.6) is 0 Å². The maximum atomic E-state index is 6.46. The number of fused-ring (bicyclic) bond motifs is 7. The van der Waals surface area contributed by atoms with Gasteiger partial charge in [0.1, 0.15) is 11.2 Å². The minimum Gasteiger partial charge on any atom is -0.455 e. The van der Waals surface area contributed by atoms with Crippen LogP contribution < -0.4 is 0 Å². The molecule has 55 heavy (non-hydrogen) atoms. The lowest BCUT2D eigenvalue weighted by atomic mass is 9.95. The lowest BCUT2D eigenvalue weighted by Gasteiger charge is -2.13. The summed E-state index contributed by atoms with van der Waals surface area (Å²) in [5.74, 6) is 1.84. The fourth-order valence-electron chi connectivity index (χ4n) is 7.98. The third kappa shape index (κ3) is 5.34. The molecule has 0 N–H and O–H groups in total. The van der Waals surface area contributed by atoms with Crippen molar-refractivity contribution in [1.29, 1.82) is 0 Å². The van der Waals surface area contributed by atoms with Crippen molar-refractivity contribution in [2.75, 3.05) is 0 Å². The fraction of sp³-hybridized carbons (Fsp3) is 0. The summed E-state index contributed by atoms with van der Waals surface area (Å²) in [6, 6.07) is 65.8. The average Bonchev–Trinajstić information content (AvgIpc) is 3.65. The first-order valence-corrected chi connectivity index (χ1v) is 18.5. The predicted molar refractivity (Wildman–Crippen MR) is 227 cm³/mol. The van der Waals surface area contributed by atoms with Gasteiger partial charge in [0.2, 0.25) is 0 Å². The van der Waals surface area contributed by atoms with Crippen molar-refractivity contribution < 1.29 is 4.42 Å². The van der Waals surface area contributed by atoms with Crippen LogP contribution in [0.3, 0.4) is 0 Å². The number of para-hydroxylation sites is 1. The molecule has 11 aromatic rings. The van der Waals surface area contributed by atoms with E-state index in [0.29, 0.717) is 17.5 Å². The molecule has 2 heterocycles. The topological polar surface area (TPSA) is 51.8 Å². The van der Waals surface area contributed by atoms with Crippen LogP contribution in [-0.4, -0.2) is 15.0 Å². The Morgan fingerprint density at radius 2 is 0.855 bits per heavy atom. The largest absolute Gasteiger partial charge is 0.455 e. The van der Waals surface area contributed by atoms with Crippen LogP contribution in [0.2, 0.25) is 0 Å². The van der Waals surface area contributed by atoms with Gasteiger partial charge >= 0.3 is 0 Å². The minimum absolute atomic E-state index is 0.609. The van der Waals surface area contributed by atoms with Gasteiger partial charge in [-0.15, -0.1) is 0 Å². The van der Waals surface area contributed by atoms with Crippen LogP contribution in [0.4, 0.5) is 0 Å². The Morgan fingerprint density at radius 3 is 1.64 bits per heavy atom. The van der Waals surface area contributed by atoms with Crippen molar-refractivity contribution in [3.63, 3.8) is 0 Å². The SMILES string of the molecule is c1ccc(-c2ccc3cc(-c4nc(-c5cc(-c6ccccc6)c6ccccc6c5)nc(-c5cc6c7ccccc7oc6c6ccccc56)n4)ccc3c2)cc1. The second kappa shape index (κ2) is 12.6. The van der Waals surface area contributed by atoms with Gasteiger partial charge < -0.3 is 4.42 Å². The Kier molecular flexibility index (Phi) is 7.14. The van der Waals surface area contributed by atoms with E-state index in [9.17, 15) is 0 Å². The molecule has 4 nitrogen and oxygen atoms in total. The summed E-state index contributed by atoms with van der Waals surface area (Å²) < 4.78 is 6.46. The van der Waals surface area contributed by atoms with Crippen molar-refractivity contribution in [1.82, 2.24) is 15.0 Å². The highest BCUT2D eigenvalue weighted by atomic mass is 16.3. The van der Waals surface area contributed by atoms with Crippen LogP contribution >= 0.6 is 0 Å². The standard InChI is InChI=1S/C51H31N3O/c1-3-13-32(14-4-1)34-23-24-36-28-38(26-25-35(36)27-34)49-52-50(39-29-37-17-7-8-18-40(37)44(30-39)33-15-5-2-6-16-33)54-51(53-49)46-31-45-42-20-11-12-22-47(42)55-48(45)43-21-10-9-19-41(43)46/h1-31H. The van der Waals surface area contributed by atoms with Gasteiger partial charge in [-0.2, -0.15) is 0 Å². The van der Waals surface area contributed by atoms with E-state index in [1.807, 2.05) is 18.2 Å². The van der Waals surface area contributed by atoms with Crippen LogP contribution in [0.15, 0.2) is 192 Å². The molecule has 0 fully saturated rings. The first kappa shape index (κ1) is 31.1. The van der Waals surface area contributed by atoms with Crippen molar-refractivity contribution >= 4 is 54.3 Å². The van der Waals surface area contributed by atoms with Crippen LogP contribution in [-0.2, 0) is 0 Å². The number of hydrogen-bond acceptors (Lipinski definition) is 4. The molecule has 0 atom stereocenters. The quantitative estimate of drug-likeness (QED) is 0.179. The highest BCUT2D eigenvalue weighted by molar-refractivity contribution is 6.18. The van der Waals surface area contributed by atoms with E-state index >= 15 is 0 Å². The van der Waals surface area contributed by atoms with Gasteiger partial charge in [-0.25, -0.2) is 15.0 Å². The summed E-state index contributed by atoms with van der Waals surface area (Å²) in [6.45, 7) is 0. The molecule has 11 rings (SSSR count). The Morgan fingerprint density at radius 1 is 0.291 bits per heavy atom. The molecule has 0 bridgehead atoms. The molecule has 0 amide bonds. The molecule has 9 aromatic carbocycles. The van der Waals surface area contributed by atoms with Gasteiger partial charge in [0.25, 0.3) is 0 Å². The first-order chi connectivity index (χ1) is 27.2. The number of rotatable bonds is 5. The van der Waals surface area contributed by atoms with Gasteiger partial charge in [-0.1, -0.05) is 152 Å². The van der Waals surface area contributed by atoms with Crippen molar-refractivity contribution in [2.24, 2.45) is 0 Å². The molecule has 0 spiro atoms. The van der Waals surface area contributed by atoms with Gasteiger partial charge in [0.15, 0.2) is 17.5 Å². The summed E-state index contributed by atoms with van der Waals surface area (Å²) in [5, 5.41) is 8.72. The number of furan rings is 1. The zero-order valence-corrected chi connectivity index (χ0v) is 29.6. The third-order valence-electron chi connectivity index (χ3n) is 10.7. The Balaban J connectivity index is 1.16. The zero-order chi connectivity index (χ0) is 36.3. The van der Waals surface area contributed by atoms with Gasteiger partial charge in [-0.3, -0.25) is 0 Å². The lowest BCUT2D eigenvalue weighted by Crippen LogP contribution is -2.01. The van der Waals surface area contributed by atoms with Crippen molar-refractivity contribution in [3.05, 3.63) is 188 Å². The van der Waals surface area contributed by atoms with Gasteiger partial charge in [0, 0.05) is 32.8 Å². The van der Waals surface area contributed by atoms with E-state index in [0.717, 1.165) is 76.7 Å². The van der Waals surface area contributed by atoms with Crippen LogP contribution in [0.1, 0.15) is 0 Å². The number of nitrogens with zero attached hydrogens (tertiary/aromatic N) is 3. The maximum Gasteiger partial charge on any atom is 0.164 e. The van der Waals surface area contributed by atoms with Gasteiger partial charge in [-0.05, 0) is 85.6 Å². The molecule has 2 aromatic heterocycles. The number of benzene rings is 9. The van der Waals surface area contributed by atoms with E-state index < -0.39 is 0 Å². The van der Waals surface area contributed by atoms with E-state index in [1.54, 1.807) is 0 Å². The molecule has 0 aliphatic heterocycles. The minimum atomic E-state index is 0.609.